The van der Waals surface area contributed by atoms with Crippen molar-refractivity contribution in [2.24, 2.45) is 0 Å². The first-order valence-corrected chi connectivity index (χ1v) is 10.2. The number of aliphatic carboxylic acids is 1. The van der Waals surface area contributed by atoms with Crippen molar-refractivity contribution < 1.29 is 9.90 Å². The third kappa shape index (κ3) is 4.44. The normalized spacial score (nSPS) is 10.9. The van der Waals surface area contributed by atoms with Crippen LogP contribution in [0.2, 0.25) is 5.02 Å². The lowest BCUT2D eigenvalue weighted by Crippen LogP contribution is -2.25. The molecule has 2 aromatic heterocycles. The van der Waals surface area contributed by atoms with E-state index in [1.54, 1.807) is 22.7 Å². The van der Waals surface area contributed by atoms with Gasteiger partial charge in [0.1, 0.15) is 0 Å². The van der Waals surface area contributed by atoms with Gasteiger partial charge in [0.05, 0.1) is 18.7 Å². The Morgan fingerprint density at radius 3 is 2.77 bits per heavy atom. The molecule has 0 spiro atoms. The van der Waals surface area contributed by atoms with Gasteiger partial charge in [-0.2, -0.15) is 0 Å². The van der Waals surface area contributed by atoms with E-state index in [9.17, 15) is 4.79 Å². The molecule has 1 N–H and O–H groups in total. The lowest BCUT2D eigenvalue weighted by atomic mass is 10.1. The second-order valence-electron chi connectivity index (χ2n) is 6.01. The number of anilines is 1. The quantitative estimate of drug-likeness (QED) is 0.553. The number of thiazole rings is 1. The maximum Gasteiger partial charge on any atom is 0.305 e. The van der Waals surface area contributed by atoms with Crippen LogP contribution in [0.15, 0.2) is 35.7 Å². The van der Waals surface area contributed by atoms with Crippen LogP contribution < -0.4 is 4.90 Å². The fourth-order valence-corrected chi connectivity index (χ4v) is 4.45. The third-order valence-electron chi connectivity index (χ3n) is 4.02. The smallest absolute Gasteiger partial charge is 0.305 e. The van der Waals surface area contributed by atoms with Gasteiger partial charge in [0.25, 0.3) is 0 Å². The van der Waals surface area contributed by atoms with Crippen LogP contribution >= 0.6 is 34.3 Å². The molecule has 4 nitrogen and oxygen atoms in total. The lowest BCUT2D eigenvalue weighted by molar-refractivity contribution is -0.136. The van der Waals surface area contributed by atoms with E-state index < -0.39 is 5.97 Å². The highest BCUT2D eigenvalue weighted by atomic mass is 35.5. The number of aryl methyl sites for hydroxylation is 2. The zero-order chi connectivity index (χ0) is 18.7. The number of aromatic nitrogens is 1. The van der Waals surface area contributed by atoms with Crippen LogP contribution in [-0.4, -0.2) is 22.6 Å². The molecular formula is C19H19ClN2O2S2. The first-order chi connectivity index (χ1) is 12.4. The van der Waals surface area contributed by atoms with Gasteiger partial charge in [0.2, 0.25) is 0 Å². The van der Waals surface area contributed by atoms with E-state index in [0.29, 0.717) is 13.1 Å². The average molecular weight is 407 g/mol. The minimum Gasteiger partial charge on any atom is -0.481 e. The number of hydrogen-bond acceptors (Lipinski definition) is 5. The van der Waals surface area contributed by atoms with Crippen molar-refractivity contribution in [1.29, 1.82) is 0 Å². The number of carbonyl (C=O) groups is 1. The van der Waals surface area contributed by atoms with Crippen LogP contribution in [0.25, 0.3) is 11.3 Å². The van der Waals surface area contributed by atoms with E-state index >= 15 is 0 Å². The Balaban J connectivity index is 1.91. The first-order valence-electron chi connectivity index (χ1n) is 8.17. The molecule has 3 aromatic rings. The van der Waals surface area contributed by atoms with Crippen molar-refractivity contribution in [2.45, 2.75) is 26.8 Å². The van der Waals surface area contributed by atoms with Crippen LogP contribution in [0.5, 0.6) is 0 Å². The van der Waals surface area contributed by atoms with Crippen molar-refractivity contribution in [1.82, 2.24) is 4.98 Å². The molecular weight excluding hydrogens is 388 g/mol. The lowest BCUT2D eigenvalue weighted by Gasteiger charge is -2.20. The van der Waals surface area contributed by atoms with Gasteiger partial charge in [-0.05, 0) is 36.9 Å². The summed E-state index contributed by atoms with van der Waals surface area (Å²) in [5.74, 6) is -0.806. The molecule has 0 bridgehead atoms. The predicted octanol–water partition coefficient (Wildman–Crippen LogP) is 5.62. The number of hydrogen-bond donors (Lipinski definition) is 1. The van der Waals surface area contributed by atoms with Gasteiger partial charge in [0, 0.05) is 26.9 Å². The molecule has 0 fully saturated rings. The van der Waals surface area contributed by atoms with Gasteiger partial charge < -0.3 is 10.0 Å². The largest absolute Gasteiger partial charge is 0.481 e. The zero-order valence-corrected chi connectivity index (χ0v) is 16.9. The van der Waals surface area contributed by atoms with Crippen molar-refractivity contribution in [2.75, 3.05) is 11.4 Å². The molecule has 0 amide bonds. The van der Waals surface area contributed by atoms with Crippen molar-refractivity contribution in [3.63, 3.8) is 0 Å². The monoisotopic (exact) mass is 406 g/mol. The number of halogens is 1. The molecule has 0 saturated heterocycles. The van der Waals surface area contributed by atoms with Crippen LogP contribution in [-0.2, 0) is 11.3 Å². The van der Waals surface area contributed by atoms with E-state index in [1.807, 2.05) is 48.4 Å². The molecule has 1 aromatic carbocycles. The van der Waals surface area contributed by atoms with Gasteiger partial charge in [-0.15, -0.1) is 22.7 Å². The van der Waals surface area contributed by atoms with Gasteiger partial charge in [-0.1, -0.05) is 29.8 Å². The Bertz CT molecular complexity index is 906. The van der Waals surface area contributed by atoms with Gasteiger partial charge in [0.15, 0.2) is 5.13 Å². The summed E-state index contributed by atoms with van der Waals surface area (Å²) < 4.78 is 0. The Hall–Kier alpha value is -1.89. The van der Waals surface area contributed by atoms with Gasteiger partial charge in [-0.3, -0.25) is 4.79 Å². The number of rotatable bonds is 7. The summed E-state index contributed by atoms with van der Waals surface area (Å²) in [6.07, 6.45) is 0.0791. The summed E-state index contributed by atoms with van der Waals surface area (Å²) in [5.41, 5.74) is 2.91. The molecule has 7 heteroatoms. The topological polar surface area (TPSA) is 53.4 Å². The molecule has 0 aliphatic rings. The summed E-state index contributed by atoms with van der Waals surface area (Å²) >= 11 is 9.51. The van der Waals surface area contributed by atoms with Gasteiger partial charge in [-0.25, -0.2) is 4.98 Å². The molecule has 0 saturated carbocycles. The molecule has 136 valence electrons. The Kier molecular flexibility index (Phi) is 5.96. The molecule has 0 atom stereocenters. The first kappa shape index (κ1) is 18.9. The number of carboxylic acids is 1. The third-order valence-corrected chi connectivity index (χ3v) is 6.32. The second-order valence-corrected chi connectivity index (χ2v) is 8.63. The van der Waals surface area contributed by atoms with Crippen molar-refractivity contribution >= 4 is 45.4 Å². The predicted molar refractivity (Wildman–Crippen MR) is 110 cm³/mol. The average Bonchev–Trinajstić information content (AvgIpc) is 3.23. The molecule has 2 heterocycles. The maximum absolute atomic E-state index is 11.0. The van der Waals surface area contributed by atoms with E-state index in [4.69, 9.17) is 21.7 Å². The zero-order valence-electron chi connectivity index (χ0n) is 14.5. The molecule has 0 aliphatic carbocycles. The van der Waals surface area contributed by atoms with E-state index in [2.05, 4.69) is 6.07 Å². The Morgan fingerprint density at radius 2 is 2.12 bits per heavy atom. The summed E-state index contributed by atoms with van der Waals surface area (Å²) in [4.78, 5) is 20.2. The van der Waals surface area contributed by atoms with Crippen LogP contribution in [0, 0.1) is 13.8 Å². The molecule has 3 rings (SSSR count). The van der Waals surface area contributed by atoms with E-state index in [-0.39, 0.29) is 6.42 Å². The van der Waals surface area contributed by atoms with Crippen LogP contribution in [0.1, 0.15) is 21.7 Å². The summed E-state index contributed by atoms with van der Waals surface area (Å²) in [6, 6.07) is 10.0. The highest BCUT2D eigenvalue weighted by Crippen LogP contribution is 2.35. The Morgan fingerprint density at radius 1 is 1.31 bits per heavy atom. The van der Waals surface area contributed by atoms with E-state index in [1.165, 1.54) is 4.88 Å². The fourth-order valence-electron chi connectivity index (χ4n) is 2.59. The Labute approximate surface area is 165 Å². The SMILES string of the molecule is Cc1ccc(-c2nc(N(CCC(=O)O)Cc3cccs3)sc2C)cc1Cl. The van der Waals surface area contributed by atoms with Crippen LogP contribution in [0.4, 0.5) is 5.13 Å². The maximum atomic E-state index is 11.0. The standard InChI is InChI=1S/C19H19ClN2O2S2/c1-12-5-6-14(10-16(12)20)18-13(2)26-19(21-18)22(8-7-17(23)24)11-15-4-3-9-25-15/h3-6,9-10H,7-8,11H2,1-2H3,(H,23,24). The minimum atomic E-state index is -0.806. The summed E-state index contributed by atoms with van der Waals surface area (Å²) in [7, 11) is 0. The molecule has 0 aliphatic heterocycles. The highest BCUT2D eigenvalue weighted by molar-refractivity contribution is 7.16. The van der Waals surface area contributed by atoms with E-state index in [0.717, 1.165) is 31.9 Å². The highest BCUT2D eigenvalue weighted by Gasteiger charge is 2.17. The molecule has 26 heavy (non-hydrogen) atoms. The second kappa shape index (κ2) is 8.20. The molecule has 0 unspecified atom stereocenters. The summed E-state index contributed by atoms with van der Waals surface area (Å²) in [6.45, 7) is 5.09. The van der Waals surface area contributed by atoms with Crippen molar-refractivity contribution in [3.05, 3.63) is 56.1 Å². The summed E-state index contributed by atoms with van der Waals surface area (Å²) in [5, 5.41) is 12.7. The number of thiophene rings is 1. The number of nitrogens with zero attached hydrogens (tertiary/aromatic N) is 2. The molecule has 0 radical (unpaired) electrons. The van der Waals surface area contributed by atoms with Gasteiger partial charge >= 0.3 is 5.97 Å². The fraction of sp³-hybridized carbons (Fsp3) is 0.263. The van der Waals surface area contributed by atoms with Crippen molar-refractivity contribution in [3.8, 4) is 11.3 Å². The minimum absolute atomic E-state index is 0.0791. The number of benzene rings is 1. The van der Waals surface area contributed by atoms with Crippen LogP contribution in [0.3, 0.4) is 0 Å². The number of carboxylic acid groups (broad SMARTS) is 1.